The molecule has 2 heteroatoms. The van der Waals surface area contributed by atoms with Crippen LogP contribution in [0.15, 0.2) is 66.7 Å². The molecule has 3 rings (SSSR count). The van der Waals surface area contributed by atoms with Crippen molar-refractivity contribution in [2.45, 2.75) is 73.1 Å². The van der Waals surface area contributed by atoms with Crippen molar-refractivity contribution in [3.05, 3.63) is 112 Å². The van der Waals surface area contributed by atoms with E-state index in [2.05, 4.69) is 114 Å². The summed E-state index contributed by atoms with van der Waals surface area (Å²) in [6, 6.07) is 28.6. The van der Waals surface area contributed by atoms with E-state index in [-0.39, 0.29) is 37.7 Å². The molecular formula is C32H40Li2. The van der Waals surface area contributed by atoms with Gasteiger partial charge in [0, 0.05) is 0 Å². The molecule has 0 radical (unpaired) electrons. The van der Waals surface area contributed by atoms with Crippen LogP contribution in [0, 0.1) is 37.7 Å². The summed E-state index contributed by atoms with van der Waals surface area (Å²) in [4.78, 5) is 0. The number of aryl methyl sites for hydroxylation is 2. The van der Waals surface area contributed by atoms with Crippen LogP contribution < -0.4 is 37.7 Å². The fraction of sp³-hybridized carbons (Fsp3) is 0.406. The fourth-order valence-corrected chi connectivity index (χ4v) is 4.42. The topological polar surface area (TPSA) is 0 Å². The Bertz CT molecular complexity index is 879. The van der Waals surface area contributed by atoms with Crippen LogP contribution in [-0.2, 0) is 0 Å². The van der Waals surface area contributed by atoms with Gasteiger partial charge in [0.25, 0.3) is 0 Å². The number of rotatable bonds is 10. The molecule has 0 saturated heterocycles. The second kappa shape index (κ2) is 15.0. The van der Waals surface area contributed by atoms with Gasteiger partial charge in [-0.25, -0.2) is 17.2 Å². The maximum Gasteiger partial charge on any atom is 1.00 e. The largest absolute Gasteiger partial charge is 1.00 e. The quantitative estimate of drug-likeness (QED) is 0.337. The molecule has 0 aliphatic carbocycles. The van der Waals surface area contributed by atoms with Crippen molar-refractivity contribution in [1.82, 2.24) is 0 Å². The number of hydrogen-bond donors (Lipinski definition) is 0. The van der Waals surface area contributed by atoms with Crippen molar-refractivity contribution in [3.8, 4) is 0 Å². The second-order valence-corrected chi connectivity index (χ2v) is 9.77. The van der Waals surface area contributed by atoms with Crippen LogP contribution in [0.4, 0.5) is 0 Å². The zero-order valence-corrected chi connectivity index (χ0v) is 22.9. The zero-order chi connectivity index (χ0) is 23.1. The van der Waals surface area contributed by atoms with Crippen molar-refractivity contribution >= 4 is 0 Å². The van der Waals surface area contributed by atoms with Gasteiger partial charge in [0.15, 0.2) is 0 Å². The van der Waals surface area contributed by atoms with E-state index in [9.17, 15) is 0 Å². The van der Waals surface area contributed by atoms with Crippen molar-refractivity contribution in [3.63, 3.8) is 0 Å². The van der Waals surface area contributed by atoms with E-state index in [1.807, 2.05) is 0 Å². The van der Waals surface area contributed by atoms with Gasteiger partial charge in [0.1, 0.15) is 0 Å². The van der Waals surface area contributed by atoms with E-state index < -0.39 is 0 Å². The minimum absolute atomic E-state index is 0. The van der Waals surface area contributed by atoms with Gasteiger partial charge >= 0.3 is 37.7 Å². The molecule has 34 heavy (non-hydrogen) atoms. The van der Waals surface area contributed by atoms with Crippen LogP contribution in [0.3, 0.4) is 0 Å². The molecule has 0 fully saturated rings. The Morgan fingerprint density at radius 1 is 0.765 bits per heavy atom. The van der Waals surface area contributed by atoms with Gasteiger partial charge in [0.2, 0.25) is 0 Å². The molecule has 3 aromatic rings. The average molecular weight is 439 g/mol. The third kappa shape index (κ3) is 8.15. The predicted octanol–water partition coefficient (Wildman–Crippen LogP) is 3.09. The molecule has 0 spiro atoms. The first-order valence-corrected chi connectivity index (χ1v) is 12.4. The summed E-state index contributed by atoms with van der Waals surface area (Å²) in [6.07, 6.45) is 4.63. The Hall–Kier alpha value is -1.28. The first kappa shape index (κ1) is 30.8. The van der Waals surface area contributed by atoms with Crippen molar-refractivity contribution in [2.24, 2.45) is 11.8 Å². The molecule has 3 atom stereocenters. The standard InChI is InChI=1S/C32H40.2Li/c1-7-23(3)21-31(27-17-13-25(5)14-18-27)29-11-9-10-12-30(29)32(22-24(4)8-2)28-19-15-26(6)16-20-28;;/h9-11,13-20,23-24,31H,7-8,21-22H2,1-6H3;;/q-2;2*+1. The molecule has 0 N–H and O–H groups in total. The summed E-state index contributed by atoms with van der Waals surface area (Å²) in [5, 5.41) is 0. The molecule has 0 saturated carbocycles. The average Bonchev–Trinajstić information content (AvgIpc) is 2.82. The van der Waals surface area contributed by atoms with Gasteiger partial charge < -0.3 is 0 Å². The van der Waals surface area contributed by atoms with Gasteiger partial charge in [-0.05, 0) is 25.7 Å². The molecule has 3 aromatic carbocycles. The monoisotopic (exact) mass is 438 g/mol. The van der Waals surface area contributed by atoms with Gasteiger partial charge in [-0.1, -0.05) is 106 Å². The maximum atomic E-state index is 3.70. The van der Waals surface area contributed by atoms with Gasteiger partial charge in [-0.3, -0.25) is 0 Å². The smallest absolute Gasteiger partial charge is 0.222 e. The van der Waals surface area contributed by atoms with Crippen LogP contribution >= 0.6 is 0 Å². The first-order valence-electron chi connectivity index (χ1n) is 12.4. The van der Waals surface area contributed by atoms with E-state index in [1.165, 1.54) is 52.1 Å². The summed E-state index contributed by atoms with van der Waals surface area (Å²) >= 11 is 0. The molecule has 0 heterocycles. The SMILES string of the molecule is CCC(C)C[C-](c1ccc(C)cc1)c1[c-]cccc1C(CC(C)CC)c1ccc(C)cc1.[Li+].[Li+]. The van der Waals surface area contributed by atoms with Gasteiger partial charge in [-0.2, -0.15) is 23.6 Å². The van der Waals surface area contributed by atoms with Crippen LogP contribution in [0.5, 0.6) is 0 Å². The molecule has 170 valence electrons. The third-order valence-electron chi connectivity index (χ3n) is 7.03. The molecule has 0 aliphatic heterocycles. The summed E-state index contributed by atoms with van der Waals surface area (Å²) in [7, 11) is 0. The van der Waals surface area contributed by atoms with E-state index in [4.69, 9.17) is 0 Å². The number of hydrogen-bond acceptors (Lipinski definition) is 0. The normalized spacial score (nSPS) is 13.2. The van der Waals surface area contributed by atoms with Gasteiger partial charge in [-0.15, -0.1) is 24.3 Å². The van der Waals surface area contributed by atoms with Crippen LogP contribution in [0.2, 0.25) is 0 Å². The third-order valence-corrected chi connectivity index (χ3v) is 7.03. The van der Waals surface area contributed by atoms with Crippen molar-refractivity contribution in [1.29, 1.82) is 0 Å². The van der Waals surface area contributed by atoms with E-state index in [0.29, 0.717) is 17.8 Å². The summed E-state index contributed by atoms with van der Waals surface area (Å²) < 4.78 is 0. The van der Waals surface area contributed by atoms with E-state index in [0.717, 1.165) is 12.8 Å². The molecule has 0 amide bonds. The zero-order valence-electron chi connectivity index (χ0n) is 22.9. The molecule has 3 unspecified atom stereocenters. The van der Waals surface area contributed by atoms with E-state index in [1.54, 1.807) is 0 Å². The molecule has 0 bridgehead atoms. The van der Waals surface area contributed by atoms with Crippen LogP contribution in [-0.4, -0.2) is 0 Å². The molecule has 0 aliphatic rings. The summed E-state index contributed by atoms with van der Waals surface area (Å²) in [6.45, 7) is 13.7. The summed E-state index contributed by atoms with van der Waals surface area (Å²) in [5.41, 5.74) is 8.12. The molecule has 0 aromatic heterocycles. The minimum Gasteiger partial charge on any atom is -0.222 e. The second-order valence-electron chi connectivity index (χ2n) is 9.77. The maximum absolute atomic E-state index is 3.70. The Morgan fingerprint density at radius 2 is 1.32 bits per heavy atom. The van der Waals surface area contributed by atoms with E-state index >= 15 is 0 Å². The Kier molecular flexibility index (Phi) is 13.5. The Labute approximate surface area is 233 Å². The van der Waals surface area contributed by atoms with Crippen molar-refractivity contribution in [2.75, 3.05) is 0 Å². The Balaban J connectivity index is 0.00000289. The van der Waals surface area contributed by atoms with Crippen LogP contribution in [0.1, 0.15) is 92.7 Å². The van der Waals surface area contributed by atoms with Gasteiger partial charge in [0.05, 0.1) is 0 Å². The molecular weight excluding hydrogens is 398 g/mol. The first-order chi connectivity index (χ1) is 15.4. The molecule has 0 nitrogen and oxygen atoms in total. The Morgan fingerprint density at radius 3 is 1.88 bits per heavy atom. The fourth-order valence-electron chi connectivity index (χ4n) is 4.42. The predicted molar refractivity (Wildman–Crippen MR) is 139 cm³/mol. The van der Waals surface area contributed by atoms with Crippen LogP contribution in [0.25, 0.3) is 0 Å². The number of benzene rings is 3. The van der Waals surface area contributed by atoms with Crippen molar-refractivity contribution < 1.29 is 37.7 Å². The summed E-state index contributed by atoms with van der Waals surface area (Å²) in [5.74, 6) is 3.14. The minimum atomic E-state index is 0.